The molecular weight excluding hydrogens is 525 g/mol. The second-order valence-electron chi connectivity index (χ2n) is 9.06. The molecule has 2 aliphatic heterocycles. The van der Waals surface area contributed by atoms with Gasteiger partial charge in [0.05, 0.1) is 0 Å². The van der Waals surface area contributed by atoms with Gasteiger partial charge in [0, 0.05) is 51.6 Å². The molecule has 1 fully saturated rings. The van der Waals surface area contributed by atoms with Crippen LogP contribution in [0.3, 0.4) is 0 Å². The van der Waals surface area contributed by atoms with Gasteiger partial charge in [-0.15, -0.1) is 34.2 Å². The van der Waals surface area contributed by atoms with Gasteiger partial charge in [-0.2, -0.15) is 0 Å². The van der Waals surface area contributed by atoms with E-state index < -0.39 is 0 Å². The Morgan fingerprint density at radius 3 is 2.82 bits per heavy atom. The number of nitrogens with one attached hydrogen (secondary N) is 2. The summed E-state index contributed by atoms with van der Waals surface area (Å²) in [6.07, 6.45) is 9.22. The van der Waals surface area contributed by atoms with E-state index in [9.17, 15) is 0 Å². The minimum atomic E-state index is 0. The molecule has 0 bridgehead atoms. The van der Waals surface area contributed by atoms with Crippen LogP contribution in [0.4, 0.5) is 0 Å². The summed E-state index contributed by atoms with van der Waals surface area (Å²) in [6, 6.07) is 11.2. The normalized spacial score (nSPS) is 19.3. The number of halogens is 1. The van der Waals surface area contributed by atoms with Crippen molar-refractivity contribution in [2.75, 3.05) is 26.2 Å². The van der Waals surface area contributed by atoms with E-state index in [1.165, 1.54) is 50.0 Å². The Kier molecular flexibility index (Phi) is 10.9. The number of nitrogens with zero attached hydrogens (tertiary/aromatic N) is 5. The number of guanidine groups is 1. The van der Waals surface area contributed by atoms with Crippen LogP contribution in [0.1, 0.15) is 62.7 Å². The Balaban J connectivity index is 0.00000306. The summed E-state index contributed by atoms with van der Waals surface area (Å²) < 4.78 is 2.35. The molecule has 0 saturated carbocycles. The standard InChI is InChI=1S/C25H39N7.HI/c1-2-26-25(27-16-9-15-24-30-29-23-14-7-4-8-18-32(23)24)28-22-13-10-17-31(20-22)19-21-11-5-3-6-12-21;/h3,5-6,11-12,22H,2,4,7-10,13-20H2,1H3,(H2,26,27,28);1H. The van der Waals surface area contributed by atoms with Crippen LogP contribution in [-0.2, 0) is 25.9 Å². The molecule has 1 unspecified atom stereocenters. The van der Waals surface area contributed by atoms with Crippen molar-refractivity contribution in [3.8, 4) is 0 Å². The Morgan fingerprint density at radius 1 is 1.09 bits per heavy atom. The van der Waals surface area contributed by atoms with Crippen molar-refractivity contribution in [3.05, 3.63) is 47.5 Å². The molecule has 7 nitrogen and oxygen atoms in total. The number of likely N-dealkylation sites (tertiary alicyclic amines) is 1. The topological polar surface area (TPSA) is 70.4 Å². The second-order valence-corrected chi connectivity index (χ2v) is 9.06. The summed E-state index contributed by atoms with van der Waals surface area (Å²) in [5.74, 6) is 3.26. The third-order valence-electron chi connectivity index (χ3n) is 6.45. The van der Waals surface area contributed by atoms with E-state index in [0.717, 1.165) is 63.8 Å². The molecule has 2 aromatic rings. The zero-order valence-corrected chi connectivity index (χ0v) is 22.3. The number of hydrogen-bond acceptors (Lipinski definition) is 4. The Labute approximate surface area is 215 Å². The van der Waals surface area contributed by atoms with Gasteiger partial charge < -0.3 is 15.2 Å². The van der Waals surface area contributed by atoms with Crippen molar-refractivity contribution in [1.82, 2.24) is 30.3 Å². The maximum Gasteiger partial charge on any atom is 0.191 e. The molecule has 1 aromatic carbocycles. The van der Waals surface area contributed by atoms with Crippen LogP contribution in [0, 0.1) is 0 Å². The fourth-order valence-corrected chi connectivity index (χ4v) is 4.83. The predicted molar refractivity (Wildman–Crippen MR) is 145 cm³/mol. The molecular formula is C25H40IN7. The van der Waals surface area contributed by atoms with Gasteiger partial charge in [-0.3, -0.25) is 9.89 Å². The van der Waals surface area contributed by atoms with Crippen LogP contribution in [0.25, 0.3) is 0 Å². The molecule has 3 heterocycles. The van der Waals surface area contributed by atoms with E-state index in [-0.39, 0.29) is 24.0 Å². The van der Waals surface area contributed by atoms with Gasteiger partial charge in [0.25, 0.3) is 0 Å². The van der Waals surface area contributed by atoms with E-state index in [2.05, 4.69) is 67.6 Å². The summed E-state index contributed by atoms with van der Waals surface area (Å²) in [6.45, 7) is 8.14. The average Bonchev–Trinajstić information content (AvgIpc) is 3.03. The lowest BCUT2D eigenvalue weighted by Crippen LogP contribution is -2.51. The molecule has 182 valence electrons. The zero-order valence-electron chi connectivity index (χ0n) is 20.0. The number of aliphatic imine (C=N–C) groups is 1. The first kappa shape index (κ1) is 25.9. The number of aryl methyl sites for hydroxylation is 2. The number of rotatable bonds is 8. The van der Waals surface area contributed by atoms with Crippen LogP contribution >= 0.6 is 24.0 Å². The smallest absolute Gasteiger partial charge is 0.191 e. The number of piperidine rings is 1. The molecule has 8 heteroatoms. The summed E-state index contributed by atoms with van der Waals surface area (Å²) in [4.78, 5) is 7.42. The Morgan fingerprint density at radius 2 is 1.97 bits per heavy atom. The number of aromatic nitrogens is 3. The molecule has 2 N–H and O–H groups in total. The van der Waals surface area contributed by atoms with Gasteiger partial charge in [0.2, 0.25) is 0 Å². The SMILES string of the molecule is CCNC(=NCCCc1nnc2n1CCCCC2)NC1CCCN(Cc2ccccc2)C1.I. The van der Waals surface area contributed by atoms with Crippen molar-refractivity contribution >= 4 is 29.9 Å². The lowest BCUT2D eigenvalue weighted by atomic mass is 10.0. The van der Waals surface area contributed by atoms with E-state index in [1.54, 1.807) is 0 Å². The Hall–Kier alpha value is -1.68. The summed E-state index contributed by atoms with van der Waals surface area (Å²) in [5, 5.41) is 16.0. The van der Waals surface area contributed by atoms with Gasteiger partial charge in [-0.25, -0.2) is 0 Å². The lowest BCUT2D eigenvalue weighted by molar-refractivity contribution is 0.192. The molecule has 33 heavy (non-hydrogen) atoms. The molecule has 0 spiro atoms. The number of fused-ring (bicyclic) bond motifs is 1. The van der Waals surface area contributed by atoms with Crippen LogP contribution in [-0.4, -0.2) is 57.8 Å². The number of hydrogen-bond donors (Lipinski definition) is 2. The first-order valence-electron chi connectivity index (χ1n) is 12.5. The molecule has 4 rings (SSSR count). The fraction of sp³-hybridized carbons (Fsp3) is 0.640. The Bertz CT molecular complexity index is 852. The fourth-order valence-electron chi connectivity index (χ4n) is 4.83. The first-order valence-corrected chi connectivity index (χ1v) is 12.5. The third kappa shape index (κ3) is 7.95. The first-order chi connectivity index (χ1) is 15.8. The summed E-state index contributed by atoms with van der Waals surface area (Å²) in [7, 11) is 0. The zero-order chi connectivity index (χ0) is 22.0. The lowest BCUT2D eigenvalue weighted by Gasteiger charge is -2.34. The van der Waals surface area contributed by atoms with Gasteiger partial charge in [0.15, 0.2) is 5.96 Å². The molecule has 1 atom stereocenters. The molecule has 1 aromatic heterocycles. The van der Waals surface area contributed by atoms with Crippen LogP contribution in [0.2, 0.25) is 0 Å². The van der Waals surface area contributed by atoms with Gasteiger partial charge in [-0.1, -0.05) is 36.8 Å². The van der Waals surface area contributed by atoms with Crippen molar-refractivity contribution in [2.45, 2.75) is 77.4 Å². The summed E-state index contributed by atoms with van der Waals surface area (Å²) in [5.41, 5.74) is 1.39. The van der Waals surface area contributed by atoms with E-state index in [4.69, 9.17) is 4.99 Å². The third-order valence-corrected chi connectivity index (χ3v) is 6.45. The van der Waals surface area contributed by atoms with Crippen molar-refractivity contribution in [3.63, 3.8) is 0 Å². The predicted octanol–water partition coefficient (Wildman–Crippen LogP) is 3.77. The molecule has 0 radical (unpaired) electrons. The second kappa shape index (κ2) is 13.9. The van der Waals surface area contributed by atoms with E-state index in [1.807, 2.05) is 0 Å². The van der Waals surface area contributed by atoms with Crippen molar-refractivity contribution in [2.24, 2.45) is 4.99 Å². The average molecular weight is 566 g/mol. The molecule has 2 aliphatic rings. The van der Waals surface area contributed by atoms with Gasteiger partial charge >= 0.3 is 0 Å². The van der Waals surface area contributed by atoms with Crippen LogP contribution in [0.15, 0.2) is 35.3 Å². The van der Waals surface area contributed by atoms with Gasteiger partial charge in [-0.05, 0) is 51.1 Å². The van der Waals surface area contributed by atoms with E-state index >= 15 is 0 Å². The highest BCUT2D eigenvalue weighted by molar-refractivity contribution is 14.0. The molecule has 0 amide bonds. The van der Waals surface area contributed by atoms with Crippen LogP contribution < -0.4 is 10.6 Å². The maximum absolute atomic E-state index is 4.87. The summed E-state index contributed by atoms with van der Waals surface area (Å²) >= 11 is 0. The minimum absolute atomic E-state index is 0. The highest BCUT2D eigenvalue weighted by Gasteiger charge is 2.21. The minimum Gasteiger partial charge on any atom is -0.357 e. The van der Waals surface area contributed by atoms with Gasteiger partial charge in [0.1, 0.15) is 11.6 Å². The quantitative estimate of drug-likeness (QED) is 0.221. The maximum atomic E-state index is 4.87. The highest BCUT2D eigenvalue weighted by Crippen LogP contribution is 2.16. The number of benzene rings is 1. The monoisotopic (exact) mass is 565 g/mol. The highest BCUT2D eigenvalue weighted by atomic mass is 127. The molecule has 1 saturated heterocycles. The van der Waals surface area contributed by atoms with E-state index in [0.29, 0.717) is 6.04 Å². The largest absolute Gasteiger partial charge is 0.357 e. The molecule has 0 aliphatic carbocycles. The van der Waals surface area contributed by atoms with Crippen molar-refractivity contribution in [1.29, 1.82) is 0 Å². The van der Waals surface area contributed by atoms with Crippen LogP contribution in [0.5, 0.6) is 0 Å². The van der Waals surface area contributed by atoms with Crippen molar-refractivity contribution < 1.29 is 0 Å².